The molecule has 8 aromatic heterocycles. The second-order valence-corrected chi connectivity index (χ2v) is 22.8. The van der Waals surface area contributed by atoms with Crippen LogP contribution >= 0.6 is 0 Å². The number of fused-ring (bicyclic) bond motifs is 4. The summed E-state index contributed by atoms with van der Waals surface area (Å²) in [5.74, 6) is 0.660. The fraction of sp³-hybridized carbons (Fsp3) is 0.343. The van der Waals surface area contributed by atoms with Crippen molar-refractivity contribution in [2.75, 3.05) is 34.4 Å². The summed E-state index contributed by atoms with van der Waals surface area (Å²) in [7, 11) is 5.04. The topological polar surface area (TPSA) is 234 Å². The lowest BCUT2D eigenvalue weighted by molar-refractivity contribution is -0.0168. The average Bonchev–Trinajstić information content (AvgIpc) is 1.69. The second-order valence-electron chi connectivity index (χ2n) is 22.8. The number of amides is 3. The van der Waals surface area contributed by atoms with Crippen LogP contribution in [0.15, 0.2) is 121 Å². The fourth-order valence-corrected chi connectivity index (χ4v) is 11.4. The Kier molecular flexibility index (Phi) is 17.4. The third-order valence-electron chi connectivity index (χ3n) is 16.6. The molecule has 10 aromatic rings. The summed E-state index contributed by atoms with van der Waals surface area (Å²) in [6.45, 7) is 10.7. The molecule has 0 spiro atoms. The highest BCUT2D eigenvalue weighted by Crippen LogP contribution is 2.40. The molecule has 13 rings (SSSR count). The largest absolute Gasteiger partial charge is 0.482 e. The number of hydrogen-bond donors (Lipinski definition) is 4. The van der Waals surface area contributed by atoms with E-state index >= 15 is 0 Å². The molecule has 9 heterocycles. The number of nitrogens with two attached hydrogens (primary N) is 1. The predicted molar refractivity (Wildman–Crippen MR) is 337 cm³/mol. The Bertz CT molecular complexity index is 4220. The molecule has 3 atom stereocenters. The van der Waals surface area contributed by atoms with Gasteiger partial charge in [-0.2, -0.15) is 0 Å². The van der Waals surface area contributed by atoms with E-state index < -0.39 is 5.97 Å². The molecule has 1 saturated heterocycles. The van der Waals surface area contributed by atoms with Gasteiger partial charge >= 0.3 is 5.97 Å². The van der Waals surface area contributed by atoms with Crippen LogP contribution < -0.4 is 25.8 Å². The summed E-state index contributed by atoms with van der Waals surface area (Å²) in [6.07, 6.45) is 5.54. The number of methoxy groups -OCH3 is 2. The molecule has 87 heavy (non-hydrogen) atoms. The molecule has 5 N–H and O–H groups in total. The lowest BCUT2D eigenvalue weighted by Gasteiger charge is -2.38. The van der Waals surface area contributed by atoms with Crippen molar-refractivity contribution < 1.29 is 33.8 Å². The van der Waals surface area contributed by atoms with Gasteiger partial charge in [-0.15, -0.1) is 0 Å². The number of aromatic nitrogens is 8. The van der Waals surface area contributed by atoms with Crippen molar-refractivity contribution in [3.05, 3.63) is 166 Å². The van der Waals surface area contributed by atoms with Gasteiger partial charge in [0.25, 0.3) is 17.7 Å². The van der Waals surface area contributed by atoms with Gasteiger partial charge in [-0.05, 0) is 144 Å². The lowest BCUT2D eigenvalue weighted by atomic mass is 10.1. The minimum absolute atomic E-state index is 0. The number of pyridine rings is 4. The molecule has 2 aliphatic carbocycles. The van der Waals surface area contributed by atoms with Crippen molar-refractivity contribution >= 4 is 57.1 Å². The summed E-state index contributed by atoms with van der Waals surface area (Å²) >= 11 is 0. The molecule has 2 saturated carbocycles. The van der Waals surface area contributed by atoms with E-state index in [1.807, 2.05) is 109 Å². The van der Waals surface area contributed by atoms with Crippen LogP contribution in [0.1, 0.15) is 137 Å². The number of nitrogens with zero attached hydrogens (tertiary/aromatic N) is 10. The van der Waals surface area contributed by atoms with Gasteiger partial charge in [0.2, 0.25) is 0 Å². The number of carboxylic acid groups (broad SMARTS) is 1. The van der Waals surface area contributed by atoms with Gasteiger partial charge in [-0.3, -0.25) is 28.2 Å². The van der Waals surface area contributed by atoms with Crippen LogP contribution in [-0.4, -0.2) is 117 Å². The molecule has 1 aliphatic heterocycles. The van der Waals surface area contributed by atoms with Crippen LogP contribution in [0.25, 0.3) is 56.1 Å². The standard InChI is InChI=1S/C35H40N8O3.C30H29N5O4.2CH4/c1-21(37-34(44)24-8-6-5-7-9-24)28-13-12-25-16-29(41(33(25)38-28)19-23-10-11-23)32-22(2)43-30(39-32)17-26(18-31(43)46-4)35(45)42-20-27(36)14-15-40(42)3;1-17(31-29(36)20-7-5-4-6-8-20)23-12-11-21-13-24(34(28(21)32-23)16-19-9-10-19)27-18(2)35-25(33-27)14-22(30(37)38)15-26(35)39-3;;/h5-9,12-13,16-18,21,23,27H,10-11,14-15,19-20,36H2,1-4H3,(H,37,44);4-8,11-15,17,19H,9-10,16H2,1-3H3,(H,31,36)(H,37,38);2*1H4/t21-,27-;17-;;/m11../s1. The zero-order chi connectivity index (χ0) is 59.4. The highest BCUT2D eigenvalue weighted by Gasteiger charge is 2.32. The molecule has 20 nitrogen and oxygen atoms in total. The van der Waals surface area contributed by atoms with E-state index in [1.54, 1.807) is 48.5 Å². The summed E-state index contributed by atoms with van der Waals surface area (Å²) in [5.41, 5.74) is 17.6. The number of aryl methyl sites for hydroxylation is 2. The van der Waals surface area contributed by atoms with E-state index in [2.05, 4.69) is 38.0 Å². The van der Waals surface area contributed by atoms with Crippen molar-refractivity contribution in [1.29, 1.82) is 0 Å². The van der Waals surface area contributed by atoms with Gasteiger partial charge in [0, 0.05) is 72.3 Å². The molecule has 3 aliphatic rings. The number of carboxylic acids is 1. The first-order chi connectivity index (χ1) is 41.0. The number of rotatable bonds is 16. The summed E-state index contributed by atoms with van der Waals surface area (Å²) in [4.78, 5) is 71.0. The van der Waals surface area contributed by atoms with E-state index in [9.17, 15) is 24.3 Å². The normalized spacial score (nSPS) is 15.7. The number of ether oxygens (including phenoxy) is 2. The molecule has 3 amide bonds. The SMILES string of the molecule is C.C.COc1cc(C(=O)N2C[C@H](N)CCN2C)cc2nc(-c3cc4ccc([C@@H](C)NC(=O)c5ccccc5)nc4n3CC3CC3)c(C)n12.COc1cc(C(=O)O)cc2nc(-c3cc4ccc([C@@H](C)NC(=O)c5ccccc5)nc4n3CC3CC3)c(C)n12. The van der Waals surface area contributed by atoms with Crippen LogP contribution in [0.3, 0.4) is 0 Å². The Hall–Kier alpha value is -9.40. The third-order valence-corrected chi connectivity index (χ3v) is 16.6. The van der Waals surface area contributed by atoms with Crippen LogP contribution in [0, 0.1) is 25.7 Å². The van der Waals surface area contributed by atoms with Gasteiger partial charge in [-0.1, -0.05) is 51.3 Å². The van der Waals surface area contributed by atoms with Gasteiger partial charge in [0.1, 0.15) is 34.0 Å². The van der Waals surface area contributed by atoms with E-state index in [4.69, 9.17) is 35.1 Å². The summed E-state index contributed by atoms with van der Waals surface area (Å²) in [6, 6.07) is 36.7. The van der Waals surface area contributed by atoms with E-state index in [0.717, 1.165) is 93.7 Å². The van der Waals surface area contributed by atoms with Crippen molar-refractivity contribution in [1.82, 2.24) is 58.5 Å². The summed E-state index contributed by atoms with van der Waals surface area (Å²) in [5, 5.41) is 21.3. The minimum atomic E-state index is -1.04. The molecule has 3 fully saturated rings. The van der Waals surface area contributed by atoms with Gasteiger partial charge < -0.3 is 40.1 Å². The molecule has 0 bridgehead atoms. The zero-order valence-corrected chi connectivity index (χ0v) is 48.7. The van der Waals surface area contributed by atoms with Gasteiger partial charge in [-0.25, -0.2) is 29.7 Å². The van der Waals surface area contributed by atoms with Crippen molar-refractivity contribution in [2.45, 2.75) is 106 Å². The Morgan fingerprint density at radius 1 is 0.598 bits per heavy atom. The number of carbonyl (C=O) groups is 4. The lowest BCUT2D eigenvalue weighted by Crippen LogP contribution is -2.55. The number of benzene rings is 2. The smallest absolute Gasteiger partial charge is 0.336 e. The van der Waals surface area contributed by atoms with Crippen molar-refractivity contribution in [2.24, 2.45) is 17.6 Å². The molecular formula is C67H77N13O7. The van der Waals surface area contributed by atoms with Gasteiger partial charge in [0.05, 0.1) is 72.6 Å². The Morgan fingerprint density at radius 2 is 1.03 bits per heavy atom. The molecular weight excluding hydrogens is 1100 g/mol. The highest BCUT2D eigenvalue weighted by atomic mass is 16.5. The zero-order valence-electron chi connectivity index (χ0n) is 48.7. The van der Waals surface area contributed by atoms with Crippen LogP contribution in [0.2, 0.25) is 0 Å². The maximum atomic E-state index is 13.7. The first-order valence-corrected chi connectivity index (χ1v) is 28.9. The fourth-order valence-electron chi connectivity index (χ4n) is 11.4. The number of hydrogen-bond acceptors (Lipinski definition) is 12. The molecule has 2 aromatic carbocycles. The first-order valence-electron chi connectivity index (χ1n) is 28.9. The number of carbonyl (C=O) groups excluding carboxylic acids is 3. The Labute approximate surface area is 505 Å². The number of imidazole rings is 2. The van der Waals surface area contributed by atoms with E-state index in [0.29, 0.717) is 58.1 Å². The monoisotopic (exact) mass is 1180 g/mol. The number of nitrogens with one attached hydrogen (secondary N) is 2. The molecule has 20 heteroatoms. The Morgan fingerprint density at radius 3 is 1.46 bits per heavy atom. The predicted octanol–water partition coefficient (Wildman–Crippen LogP) is 11.1. The number of hydrazine groups is 1. The van der Waals surface area contributed by atoms with Gasteiger partial charge in [0.15, 0.2) is 11.8 Å². The maximum absolute atomic E-state index is 13.7. The minimum Gasteiger partial charge on any atom is -0.482 e. The second kappa shape index (κ2) is 24.9. The van der Waals surface area contributed by atoms with E-state index in [-0.39, 0.29) is 56.3 Å². The van der Waals surface area contributed by atoms with Crippen LogP contribution in [0.4, 0.5) is 0 Å². The first kappa shape index (κ1) is 60.7. The molecule has 452 valence electrons. The quantitative estimate of drug-likeness (QED) is 0.0706. The highest BCUT2D eigenvalue weighted by molar-refractivity contribution is 5.97. The third kappa shape index (κ3) is 12.1. The Balaban J connectivity index is 0.000000191. The average molecular weight is 1180 g/mol. The number of aromatic carboxylic acids is 1. The van der Waals surface area contributed by atoms with Crippen molar-refractivity contribution in [3.63, 3.8) is 0 Å². The summed E-state index contributed by atoms with van der Waals surface area (Å²) < 4.78 is 19.6. The maximum Gasteiger partial charge on any atom is 0.336 e. The van der Waals surface area contributed by atoms with Crippen LogP contribution in [0.5, 0.6) is 11.8 Å². The van der Waals surface area contributed by atoms with Crippen LogP contribution in [-0.2, 0) is 13.1 Å². The van der Waals surface area contributed by atoms with Crippen molar-refractivity contribution in [3.8, 4) is 34.5 Å². The van der Waals surface area contributed by atoms with E-state index in [1.165, 1.54) is 38.9 Å². The molecule has 0 radical (unpaired) electrons. The molecule has 0 unspecified atom stereocenters.